The maximum absolute atomic E-state index is 12.0. The average molecular weight is 339 g/mol. The number of aromatic nitrogens is 2. The van der Waals surface area contributed by atoms with Gasteiger partial charge in [-0.05, 0) is 44.2 Å². The predicted molar refractivity (Wildman–Crippen MR) is 94.4 cm³/mol. The van der Waals surface area contributed by atoms with Gasteiger partial charge in [0.25, 0.3) is 0 Å². The number of carbonyl (C=O) groups excluding carboxylic acids is 1. The maximum atomic E-state index is 12.0. The van der Waals surface area contributed by atoms with Crippen LogP contribution in [0.4, 0.5) is 0 Å². The van der Waals surface area contributed by atoms with Crippen molar-refractivity contribution in [1.29, 1.82) is 0 Å². The monoisotopic (exact) mass is 339 g/mol. The Balaban J connectivity index is 1.62. The fraction of sp³-hybridized carbons (Fsp3) is 0.167. The molecule has 3 heterocycles. The Morgan fingerprint density at radius 3 is 2.79 bits per heavy atom. The zero-order valence-electron chi connectivity index (χ0n) is 13.4. The first-order chi connectivity index (χ1) is 11.6. The van der Waals surface area contributed by atoms with E-state index in [4.69, 9.17) is 4.42 Å². The number of rotatable bonds is 5. The normalized spacial score (nSPS) is 12.4. The number of hydrogen-bond donors (Lipinski definition) is 1. The third kappa shape index (κ3) is 3.97. The average Bonchev–Trinajstić information content (AvgIpc) is 3.23. The topological polar surface area (TPSA) is 68.0 Å². The molecule has 122 valence electrons. The second-order valence-corrected chi connectivity index (χ2v) is 6.21. The van der Waals surface area contributed by atoms with Crippen LogP contribution in [0.25, 0.3) is 17.3 Å². The molecule has 6 heteroatoms. The molecule has 3 aromatic rings. The highest BCUT2D eigenvalue weighted by molar-refractivity contribution is 7.10. The molecule has 3 aromatic heterocycles. The van der Waals surface area contributed by atoms with Crippen LogP contribution in [-0.4, -0.2) is 15.9 Å². The van der Waals surface area contributed by atoms with Crippen LogP contribution in [0.15, 0.2) is 52.5 Å². The number of pyridine rings is 1. The van der Waals surface area contributed by atoms with Gasteiger partial charge in [0.05, 0.1) is 11.7 Å². The Morgan fingerprint density at radius 2 is 2.08 bits per heavy atom. The van der Waals surface area contributed by atoms with Gasteiger partial charge in [0.1, 0.15) is 16.5 Å². The van der Waals surface area contributed by atoms with Crippen LogP contribution < -0.4 is 5.32 Å². The van der Waals surface area contributed by atoms with Crippen LogP contribution in [0.5, 0.6) is 0 Å². The van der Waals surface area contributed by atoms with Crippen molar-refractivity contribution in [3.8, 4) is 11.3 Å². The van der Waals surface area contributed by atoms with E-state index in [9.17, 15) is 4.79 Å². The highest BCUT2D eigenvalue weighted by atomic mass is 32.1. The largest absolute Gasteiger partial charge is 0.462 e. The van der Waals surface area contributed by atoms with E-state index < -0.39 is 0 Å². The molecule has 0 spiro atoms. The highest BCUT2D eigenvalue weighted by Crippen LogP contribution is 2.24. The van der Waals surface area contributed by atoms with Crippen molar-refractivity contribution in [3.05, 3.63) is 64.6 Å². The number of thiazole rings is 1. The van der Waals surface area contributed by atoms with Gasteiger partial charge in [-0.1, -0.05) is 0 Å². The molecule has 3 rings (SSSR count). The van der Waals surface area contributed by atoms with Crippen LogP contribution in [0.1, 0.15) is 29.5 Å². The van der Waals surface area contributed by atoms with Gasteiger partial charge in [0.15, 0.2) is 0 Å². The quantitative estimate of drug-likeness (QED) is 0.714. The zero-order valence-corrected chi connectivity index (χ0v) is 14.2. The molecule has 1 atom stereocenters. The summed E-state index contributed by atoms with van der Waals surface area (Å²) in [6.45, 7) is 3.78. The molecule has 1 N–H and O–H groups in total. The van der Waals surface area contributed by atoms with Crippen molar-refractivity contribution < 1.29 is 9.21 Å². The van der Waals surface area contributed by atoms with Crippen molar-refractivity contribution in [2.45, 2.75) is 19.9 Å². The summed E-state index contributed by atoms with van der Waals surface area (Å²) < 4.78 is 5.39. The minimum absolute atomic E-state index is 0.166. The summed E-state index contributed by atoms with van der Waals surface area (Å²) in [5, 5.41) is 5.75. The first-order valence-electron chi connectivity index (χ1n) is 7.52. The number of aryl methyl sites for hydroxylation is 1. The maximum Gasteiger partial charge on any atom is 0.244 e. The lowest BCUT2D eigenvalue weighted by molar-refractivity contribution is -0.117. The van der Waals surface area contributed by atoms with Crippen LogP contribution >= 0.6 is 11.3 Å². The Hall–Kier alpha value is -2.73. The van der Waals surface area contributed by atoms with Crippen LogP contribution in [0.3, 0.4) is 0 Å². The van der Waals surface area contributed by atoms with Crippen molar-refractivity contribution in [1.82, 2.24) is 15.3 Å². The molecule has 1 amide bonds. The SMILES string of the molecule is Cc1ccc(/C=C/C(=O)N[C@H](C)c2nc(-c3ccncc3)cs2)o1. The fourth-order valence-electron chi connectivity index (χ4n) is 2.17. The number of furan rings is 1. The second kappa shape index (κ2) is 7.23. The first kappa shape index (κ1) is 16.1. The van der Waals surface area contributed by atoms with Gasteiger partial charge < -0.3 is 9.73 Å². The molecule has 0 aliphatic heterocycles. The van der Waals surface area contributed by atoms with Gasteiger partial charge in [-0.25, -0.2) is 4.98 Å². The summed E-state index contributed by atoms with van der Waals surface area (Å²) in [5.74, 6) is 1.29. The van der Waals surface area contributed by atoms with E-state index in [-0.39, 0.29) is 11.9 Å². The standard InChI is InChI=1S/C18H17N3O2S/c1-12-3-4-15(23-12)5-6-17(22)20-13(2)18-21-16(11-24-18)14-7-9-19-10-8-14/h3-11,13H,1-2H3,(H,20,22)/b6-5+/t13-/m1/s1. The van der Waals surface area contributed by atoms with Crippen molar-refractivity contribution in [2.24, 2.45) is 0 Å². The summed E-state index contributed by atoms with van der Waals surface area (Å²) in [7, 11) is 0. The van der Waals surface area contributed by atoms with E-state index in [0.29, 0.717) is 5.76 Å². The van der Waals surface area contributed by atoms with Gasteiger partial charge in [0.2, 0.25) is 5.91 Å². The predicted octanol–water partition coefficient (Wildman–Crippen LogP) is 4.00. The Bertz CT molecular complexity index is 852. The molecule has 0 fully saturated rings. The van der Waals surface area contributed by atoms with E-state index in [1.54, 1.807) is 18.5 Å². The summed E-state index contributed by atoms with van der Waals surface area (Å²) in [4.78, 5) is 20.6. The second-order valence-electron chi connectivity index (χ2n) is 5.32. The molecule has 5 nitrogen and oxygen atoms in total. The minimum Gasteiger partial charge on any atom is -0.462 e. The number of carbonyl (C=O) groups is 1. The van der Waals surface area contributed by atoms with Crippen LogP contribution in [0.2, 0.25) is 0 Å². The van der Waals surface area contributed by atoms with Crippen molar-refractivity contribution in [2.75, 3.05) is 0 Å². The summed E-state index contributed by atoms with van der Waals surface area (Å²) in [5.41, 5.74) is 1.90. The van der Waals surface area contributed by atoms with E-state index in [1.165, 1.54) is 17.4 Å². The highest BCUT2D eigenvalue weighted by Gasteiger charge is 2.13. The zero-order chi connectivity index (χ0) is 16.9. The van der Waals surface area contributed by atoms with Crippen LogP contribution in [-0.2, 0) is 4.79 Å². The summed E-state index contributed by atoms with van der Waals surface area (Å²) >= 11 is 1.52. The van der Waals surface area contributed by atoms with Gasteiger partial charge >= 0.3 is 0 Å². The molecule has 0 saturated carbocycles. The Labute approximate surface area is 144 Å². The lowest BCUT2D eigenvalue weighted by atomic mass is 10.2. The molecular formula is C18H17N3O2S. The number of nitrogens with zero attached hydrogens (tertiary/aromatic N) is 2. The lowest BCUT2D eigenvalue weighted by Crippen LogP contribution is -2.24. The first-order valence-corrected chi connectivity index (χ1v) is 8.40. The van der Waals surface area contributed by atoms with E-state index in [2.05, 4.69) is 15.3 Å². The van der Waals surface area contributed by atoms with Crippen LogP contribution in [0, 0.1) is 6.92 Å². The van der Waals surface area contributed by atoms with Gasteiger partial charge in [0, 0.05) is 29.4 Å². The van der Waals surface area contributed by atoms with Crippen molar-refractivity contribution >= 4 is 23.3 Å². The van der Waals surface area contributed by atoms with E-state index in [0.717, 1.165) is 22.0 Å². The summed E-state index contributed by atoms with van der Waals surface area (Å²) in [6, 6.07) is 7.34. The molecule has 0 saturated heterocycles. The Morgan fingerprint density at radius 1 is 1.29 bits per heavy atom. The molecular weight excluding hydrogens is 322 g/mol. The lowest BCUT2D eigenvalue weighted by Gasteiger charge is -2.08. The number of amides is 1. The number of hydrogen-bond acceptors (Lipinski definition) is 5. The molecule has 0 radical (unpaired) electrons. The van der Waals surface area contributed by atoms with Gasteiger partial charge in [-0.3, -0.25) is 9.78 Å². The smallest absolute Gasteiger partial charge is 0.244 e. The molecule has 0 aromatic carbocycles. The van der Waals surface area contributed by atoms with Gasteiger partial charge in [-0.15, -0.1) is 11.3 Å². The van der Waals surface area contributed by atoms with Gasteiger partial charge in [-0.2, -0.15) is 0 Å². The Kier molecular flexibility index (Phi) is 4.86. The molecule has 0 aliphatic rings. The molecule has 24 heavy (non-hydrogen) atoms. The molecule has 0 bridgehead atoms. The molecule has 0 aliphatic carbocycles. The fourth-order valence-corrected chi connectivity index (χ4v) is 3.00. The molecule has 0 unspecified atom stereocenters. The third-order valence-corrected chi connectivity index (χ3v) is 4.41. The third-order valence-electron chi connectivity index (χ3n) is 3.39. The van der Waals surface area contributed by atoms with E-state index in [1.807, 2.05) is 43.5 Å². The van der Waals surface area contributed by atoms with Crippen molar-refractivity contribution in [3.63, 3.8) is 0 Å². The van der Waals surface area contributed by atoms with E-state index >= 15 is 0 Å². The number of nitrogens with one attached hydrogen (secondary N) is 1. The minimum atomic E-state index is -0.183. The summed E-state index contributed by atoms with van der Waals surface area (Å²) in [6.07, 6.45) is 6.59.